The van der Waals surface area contributed by atoms with Gasteiger partial charge >= 0.3 is 6.01 Å². The lowest BCUT2D eigenvalue weighted by molar-refractivity contribution is 0.436. The molecule has 0 unspecified atom stereocenters. The molecule has 3 N–H and O–H groups in total. The van der Waals surface area contributed by atoms with Gasteiger partial charge in [0.05, 0.1) is 0 Å². The van der Waals surface area contributed by atoms with Gasteiger partial charge in [-0.25, -0.2) is 4.98 Å². The molecular formula is C13H13BrN4O. The summed E-state index contributed by atoms with van der Waals surface area (Å²) in [6.45, 7) is 3.73. The van der Waals surface area contributed by atoms with E-state index >= 15 is 0 Å². The van der Waals surface area contributed by atoms with Crippen molar-refractivity contribution in [1.29, 1.82) is 5.41 Å². The summed E-state index contributed by atoms with van der Waals surface area (Å²) < 4.78 is 6.62. The van der Waals surface area contributed by atoms with E-state index in [2.05, 4.69) is 25.9 Å². The SMILES string of the molecule is Cc1cc(C(=N)N)nc(Oc2ccc(Br)cc2C)n1. The van der Waals surface area contributed by atoms with Gasteiger partial charge in [-0.1, -0.05) is 15.9 Å². The number of hydrogen-bond donors (Lipinski definition) is 2. The molecule has 98 valence electrons. The first-order valence-electron chi connectivity index (χ1n) is 5.60. The Morgan fingerprint density at radius 1 is 1.26 bits per heavy atom. The molecule has 0 bridgehead atoms. The summed E-state index contributed by atoms with van der Waals surface area (Å²) in [6.07, 6.45) is 0. The van der Waals surface area contributed by atoms with E-state index in [1.54, 1.807) is 13.0 Å². The molecule has 0 atom stereocenters. The van der Waals surface area contributed by atoms with Crippen LogP contribution in [0.1, 0.15) is 17.0 Å². The molecule has 1 aromatic heterocycles. The Bertz CT molecular complexity index is 643. The Morgan fingerprint density at radius 3 is 2.63 bits per heavy atom. The first kappa shape index (κ1) is 13.5. The Kier molecular flexibility index (Phi) is 3.80. The minimum absolute atomic E-state index is 0.108. The van der Waals surface area contributed by atoms with E-state index in [-0.39, 0.29) is 11.8 Å². The van der Waals surface area contributed by atoms with Gasteiger partial charge in [-0.15, -0.1) is 0 Å². The third-order valence-corrected chi connectivity index (χ3v) is 2.94. The van der Waals surface area contributed by atoms with Crippen LogP contribution in [-0.4, -0.2) is 15.8 Å². The Labute approximate surface area is 119 Å². The largest absolute Gasteiger partial charge is 0.424 e. The van der Waals surface area contributed by atoms with Crippen molar-refractivity contribution in [3.05, 3.63) is 45.7 Å². The van der Waals surface area contributed by atoms with Crippen LogP contribution >= 0.6 is 15.9 Å². The second-order valence-electron chi connectivity index (χ2n) is 4.10. The standard InChI is InChI=1S/C13H13BrN4O/c1-7-5-9(14)3-4-11(7)19-13-17-8(2)6-10(18-13)12(15)16/h3-6H,1-2H3,(H3,15,16). The summed E-state index contributed by atoms with van der Waals surface area (Å²) in [6, 6.07) is 7.49. The predicted octanol–water partition coefficient (Wildman–Crippen LogP) is 2.93. The number of nitrogens with two attached hydrogens (primary N) is 1. The van der Waals surface area contributed by atoms with Gasteiger partial charge in [-0.2, -0.15) is 4.98 Å². The molecule has 19 heavy (non-hydrogen) atoms. The minimum atomic E-state index is -0.108. The molecule has 1 heterocycles. The van der Waals surface area contributed by atoms with Crippen molar-refractivity contribution in [1.82, 2.24) is 9.97 Å². The normalized spacial score (nSPS) is 10.3. The molecule has 2 rings (SSSR count). The molecule has 0 saturated carbocycles. The second kappa shape index (κ2) is 5.36. The number of rotatable bonds is 3. The fourth-order valence-electron chi connectivity index (χ4n) is 1.55. The first-order valence-corrected chi connectivity index (χ1v) is 6.39. The zero-order valence-electron chi connectivity index (χ0n) is 10.6. The molecule has 0 radical (unpaired) electrons. The molecule has 0 aliphatic carbocycles. The summed E-state index contributed by atoms with van der Waals surface area (Å²) in [5.41, 5.74) is 7.45. The number of amidine groups is 1. The van der Waals surface area contributed by atoms with Crippen molar-refractivity contribution < 1.29 is 4.74 Å². The molecule has 5 nitrogen and oxygen atoms in total. The fourth-order valence-corrected chi connectivity index (χ4v) is 2.03. The highest BCUT2D eigenvalue weighted by Crippen LogP contribution is 2.25. The number of benzene rings is 1. The second-order valence-corrected chi connectivity index (χ2v) is 5.02. The summed E-state index contributed by atoms with van der Waals surface area (Å²) in [5, 5.41) is 7.40. The van der Waals surface area contributed by atoms with Crippen LogP contribution in [0.25, 0.3) is 0 Å². The van der Waals surface area contributed by atoms with Gasteiger partial charge < -0.3 is 10.5 Å². The van der Waals surface area contributed by atoms with Crippen molar-refractivity contribution in [3.8, 4) is 11.8 Å². The topological polar surface area (TPSA) is 84.9 Å². The monoisotopic (exact) mass is 320 g/mol. The Balaban J connectivity index is 2.35. The molecule has 0 saturated heterocycles. The highest BCUT2D eigenvalue weighted by Gasteiger charge is 2.08. The van der Waals surface area contributed by atoms with Crippen molar-refractivity contribution in [2.45, 2.75) is 13.8 Å². The maximum Gasteiger partial charge on any atom is 0.322 e. The van der Waals surface area contributed by atoms with Crippen molar-refractivity contribution in [3.63, 3.8) is 0 Å². The molecule has 0 aliphatic rings. The van der Waals surface area contributed by atoms with Crippen LogP contribution in [0.3, 0.4) is 0 Å². The number of halogens is 1. The molecule has 0 fully saturated rings. The minimum Gasteiger partial charge on any atom is -0.424 e. The van der Waals surface area contributed by atoms with Crippen molar-refractivity contribution in [2.24, 2.45) is 5.73 Å². The van der Waals surface area contributed by atoms with Crippen molar-refractivity contribution in [2.75, 3.05) is 0 Å². The maximum absolute atomic E-state index is 7.40. The highest BCUT2D eigenvalue weighted by molar-refractivity contribution is 9.10. The lowest BCUT2D eigenvalue weighted by atomic mass is 10.2. The van der Waals surface area contributed by atoms with Gasteiger partial charge in [0.25, 0.3) is 0 Å². The van der Waals surface area contributed by atoms with Gasteiger partial charge in [0.15, 0.2) is 0 Å². The lowest BCUT2D eigenvalue weighted by Gasteiger charge is -2.09. The quantitative estimate of drug-likeness (QED) is 0.672. The third kappa shape index (κ3) is 3.29. The van der Waals surface area contributed by atoms with Crippen LogP contribution in [0.15, 0.2) is 28.7 Å². The van der Waals surface area contributed by atoms with Gasteiger partial charge in [0.1, 0.15) is 17.3 Å². The van der Waals surface area contributed by atoms with E-state index in [9.17, 15) is 0 Å². The van der Waals surface area contributed by atoms with E-state index in [0.29, 0.717) is 17.1 Å². The van der Waals surface area contributed by atoms with E-state index in [4.69, 9.17) is 15.9 Å². The van der Waals surface area contributed by atoms with E-state index in [0.717, 1.165) is 10.0 Å². The lowest BCUT2D eigenvalue weighted by Crippen LogP contribution is -2.14. The molecule has 0 aliphatic heterocycles. The first-order chi connectivity index (χ1) is 8.95. The zero-order chi connectivity index (χ0) is 14.0. The fraction of sp³-hybridized carbons (Fsp3) is 0.154. The van der Waals surface area contributed by atoms with E-state index in [1.807, 2.05) is 25.1 Å². The number of ether oxygens (including phenoxy) is 1. The highest BCUT2D eigenvalue weighted by atomic mass is 79.9. The molecule has 0 spiro atoms. The number of nitrogens with one attached hydrogen (secondary N) is 1. The Hall–Kier alpha value is -1.95. The molecule has 2 aromatic rings. The number of aromatic nitrogens is 2. The number of hydrogen-bond acceptors (Lipinski definition) is 4. The molecular weight excluding hydrogens is 308 g/mol. The Morgan fingerprint density at radius 2 is 2.00 bits per heavy atom. The van der Waals surface area contributed by atoms with Crippen LogP contribution in [0, 0.1) is 19.3 Å². The van der Waals surface area contributed by atoms with Crippen LogP contribution in [0.4, 0.5) is 0 Å². The smallest absolute Gasteiger partial charge is 0.322 e. The third-order valence-electron chi connectivity index (χ3n) is 2.45. The summed E-state index contributed by atoms with van der Waals surface area (Å²) in [4.78, 5) is 8.28. The van der Waals surface area contributed by atoms with Crippen LogP contribution in [-0.2, 0) is 0 Å². The number of nitrogens with zero attached hydrogens (tertiary/aromatic N) is 2. The number of aryl methyl sites for hydroxylation is 2. The summed E-state index contributed by atoms with van der Waals surface area (Å²) >= 11 is 3.39. The zero-order valence-corrected chi connectivity index (χ0v) is 12.2. The number of nitrogen functional groups attached to an aromatic ring is 1. The van der Waals surface area contributed by atoms with E-state index < -0.39 is 0 Å². The van der Waals surface area contributed by atoms with Crippen LogP contribution in [0.2, 0.25) is 0 Å². The molecule has 1 aromatic carbocycles. The average molecular weight is 321 g/mol. The molecule has 0 amide bonds. The van der Waals surface area contributed by atoms with Crippen molar-refractivity contribution >= 4 is 21.8 Å². The predicted molar refractivity (Wildman–Crippen MR) is 76.7 cm³/mol. The van der Waals surface area contributed by atoms with Gasteiger partial charge in [-0.05, 0) is 43.7 Å². The average Bonchev–Trinajstić information content (AvgIpc) is 2.32. The summed E-state index contributed by atoms with van der Waals surface area (Å²) in [5.74, 6) is 0.561. The van der Waals surface area contributed by atoms with Crippen LogP contribution in [0.5, 0.6) is 11.8 Å². The van der Waals surface area contributed by atoms with E-state index in [1.165, 1.54) is 0 Å². The van der Waals surface area contributed by atoms with Crippen LogP contribution < -0.4 is 10.5 Å². The molecule has 6 heteroatoms. The summed E-state index contributed by atoms with van der Waals surface area (Å²) in [7, 11) is 0. The van der Waals surface area contributed by atoms with Gasteiger partial charge in [-0.3, -0.25) is 5.41 Å². The maximum atomic E-state index is 7.40. The van der Waals surface area contributed by atoms with Gasteiger partial charge in [0.2, 0.25) is 0 Å². The van der Waals surface area contributed by atoms with Gasteiger partial charge in [0, 0.05) is 10.2 Å².